The fourth-order valence-electron chi connectivity index (χ4n) is 4.19. The van der Waals surface area contributed by atoms with E-state index < -0.39 is 6.04 Å². The van der Waals surface area contributed by atoms with Gasteiger partial charge in [-0.2, -0.15) is 0 Å². The van der Waals surface area contributed by atoms with Crippen molar-refractivity contribution in [1.82, 2.24) is 4.90 Å². The van der Waals surface area contributed by atoms with Crippen LogP contribution in [0.2, 0.25) is 0 Å². The first-order chi connectivity index (χ1) is 15.8. The van der Waals surface area contributed by atoms with E-state index in [1.54, 1.807) is 18.2 Å². The highest BCUT2D eigenvalue weighted by Crippen LogP contribution is 2.29. The monoisotopic (exact) mass is 440 g/mol. The van der Waals surface area contributed by atoms with Gasteiger partial charge in [-0.25, -0.2) is 4.90 Å². The number of anilines is 1. The predicted octanol–water partition coefficient (Wildman–Crippen LogP) is 5.09. The predicted molar refractivity (Wildman–Crippen MR) is 129 cm³/mol. The molecule has 0 aromatic heterocycles. The van der Waals surface area contributed by atoms with Crippen LogP contribution < -0.4 is 4.90 Å². The molecular weight excluding hydrogens is 412 g/mol. The molecule has 1 heterocycles. The summed E-state index contributed by atoms with van der Waals surface area (Å²) in [7, 11) is 0. The smallest absolute Gasteiger partial charge is 0.257 e. The van der Waals surface area contributed by atoms with E-state index in [9.17, 15) is 14.4 Å². The summed E-state index contributed by atoms with van der Waals surface area (Å²) in [5, 5.41) is 0. The number of amides is 3. The highest BCUT2D eigenvalue weighted by Gasteiger charge is 2.44. The maximum absolute atomic E-state index is 13.5. The molecule has 1 fully saturated rings. The summed E-state index contributed by atoms with van der Waals surface area (Å²) in [6.07, 6.45) is -0.0326. The van der Waals surface area contributed by atoms with Gasteiger partial charge in [-0.3, -0.25) is 14.4 Å². The molecule has 0 bridgehead atoms. The van der Waals surface area contributed by atoms with Gasteiger partial charge >= 0.3 is 0 Å². The van der Waals surface area contributed by atoms with Crippen LogP contribution in [-0.4, -0.2) is 28.7 Å². The minimum atomic E-state index is -0.851. The molecule has 1 aliphatic heterocycles. The van der Waals surface area contributed by atoms with Crippen molar-refractivity contribution in [1.29, 1.82) is 0 Å². The minimum absolute atomic E-state index is 0.0326. The van der Waals surface area contributed by atoms with Crippen LogP contribution in [0.3, 0.4) is 0 Å². The summed E-state index contributed by atoms with van der Waals surface area (Å²) in [6.45, 7) is 6.35. The Morgan fingerprint density at radius 1 is 0.970 bits per heavy atom. The standard InChI is InChI=1S/C28H28N2O3/c1-19(2)22-12-14-24(15-13-22)30-26(31)17-25(28(30)33)29(18-21-9-5-4-6-10-21)27(32)23-11-7-8-20(3)16-23/h4-16,19,25H,17-18H2,1-3H3. The number of rotatable bonds is 6. The Balaban J connectivity index is 1.67. The second-order valence-electron chi connectivity index (χ2n) is 8.82. The van der Waals surface area contributed by atoms with Crippen LogP contribution in [0, 0.1) is 6.92 Å². The van der Waals surface area contributed by atoms with Gasteiger partial charge in [0.05, 0.1) is 12.1 Å². The first-order valence-corrected chi connectivity index (χ1v) is 11.2. The fraction of sp³-hybridized carbons (Fsp3) is 0.250. The Bertz CT molecular complexity index is 1170. The van der Waals surface area contributed by atoms with Crippen LogP contribution in [0.4, 0.5) is 5.69 Å². The van der Waals surface area contributed by atoms with Crippen LogP contribution in [0.15, 0.2) is 78.9 Å². The molecule has 3 aromatic carbocycles. The number of aryl methyl sites for hydroxylation is 1. The number of nitrogens with zero attached hydrogens (tertiary/aromatic N) is 2. The van der Waals surface area contributed by atoms with Gasteiger partial charge in [0.1, 0.15) is 6.04 Å². The van der Waals surface area contributed by atoms with Gasteiger partial charge in [-0.15, -0.1) is 0 Å². The molecule has 1 saturated heterocycles. The third-order valence-electron chi connectivity index (χ3n) is 6.04. The Morgan fingerprint density at radius 2 is 1.67 bits per heavy atom. The number of hydrogen-bond acceptors (Lipinski definition) is 3. The number of carbonyl (C=O) groups excluding carboxylic acids is 3. The maximum atomic E-state index is 13.5. The summed E-state index contributed by atoms with van der Waals surface area (Å²) >= 11 is 0. The van der Waals surface area contributed by atoms with E-state index in [1.165, 1.54) is 9.80 Å². The van der Waals surface area contributed by atoms with Gasteiger partial charge < -0.3 is 4.90 Å². The highest BCUT2D eigenvalue weighted by atomic mass is 16.2. The normalized spacial score (nSPS) is 15.9. The van der Waals surface area contributed by atoms with Crippen molar-refractivity contribution in [2.24, 2.45) is 0 Å². The van der Waals surface area contributed by atoms with E-state index in [0.717, 1.165) is 16.7 Å². The molecule has 0 radical (unpaired) electrons. The van der Waals surface area contributed by atoms with E-state index >= 15 is 0 Å². The molecule has 4 rings (SSSR count). The van der Waals surface area contributed by atoms with Gasteiger partial charge in [0, 0.05) is 12.1 Å². The molecule has 3 amide bonds. The first kappa shape index (κ1) is 22.5. The number of carbonyl (C=O) groups is 3. The summed E-state index contributed by atoms with van der Waals surface area (Å²) in [4.78, 5) is 42.7. The van der Waals surface area contributed by atoms with Gasteiger partial charge in [-0.05, 0) is 48.2 Å². The van der Waals surface area contributed by atoms with E-state index in [2.05, 4.69) is 13.8 Å². The summed E-state index contributed by atoms with van der Waals surface area (Å²) in [5.41, 5.74) is 4.04. The minimum Gasteiger partial charge on any atom is -0.322 e. The SMILES string of the molecule is Cc1cccc(C(=O)N(Cc2ccccc2)C2CC(=O)N(c3ccc(C(C)C)cc3)C2=O)c1. The quantitative estimate of drug-likeness (QED) is 0.502. The van der Waals surface area contributed by atoms with Gasteiger partial charge in [0.25, 0.3) is 11.8 Å². The Morgan fingerprint density at radius 3 is 2.30 bits per heavy atom. The molecule has 3 aromatic rings. The van der Waals surface area contributed by atoms with Gasteiger partial charge in [-0.1, -0.05) is 74.0 Å². The van der Waals surface area contributed by atoms with Crippen molar-refractivity contribution < 1.29 is 14.4 Å². The van der Waals surface area contributed by atoms with Crippen molar-refractivity contribution in [3.8, 4) is 0 Å². The largest absolute Gasteiger partial charge is 0.322 e. The Labute approximate surface area is 194 Å². The fourth-order valence-corrected chi connectivity index (χ4v) is 4.19. The Hall–Kier alpha value is -3.73. The summed E-state index contributed by atoms with van der Waals surface area (Å²) in [5.74, 6) is -0.567. The highest BCUT2D eigenvalue weighted by molar-refractivity contribution is 6.23. The number of imide groups is 1. The zero-order chi connectivity index (χ0) is 23.5. The van der Waals surface area contributed by atoms with E-state index in [0.29, 0.717) is 17.2 Å². The number of hydrogen-bond donors (Lipinski definition) is 0. The zero-order valence-corrected chi connectivity index (χ0v) is 19.2. The van der Waals surface area contributed by atoms with Crippen LogP contribution in [0.1, 0.15) is 53.2 Å². The lowest BCUT2D eigenvalue weighted by molar-refractivity contribution is -0.122. The number of benzene rings is 3. The van der Waals surface area contributed by atoms with Crippen LogP contribution >= 0.6 is 0 Å². The third-order valence-corrected chi connectivity index (χ3v) is 6.04. The summed E-state index contributed by atoms with van der Waals surface area (Å²) in [6, 6.07) is 23.5. The van der Waals surface area contributed by atoms with Crippen molar-refractivity contribution >= 4 is 23.4 Å². The van der Waals surface area contributed by atoms with Crippen molar-refractivity contribution in [2.75, 3.05) is 4.90 Å². The van der Waals surface area contributed by atoms with Crippen molar-refractivity contribution in [3.05, 3.63) is 101 Å². The second-order valence-corrected chi connectivity index (χ2v) is 8.82. The molecule has 1 unspecified atom stereocenters. The average molecular weight is 441 g/mol. The molecule has 0 N–H and O–H groups in total. The molecule has 1 atom stereocenters. The molecule has 1 aliphatic rings. The molecule has 0 spiro atoms. The van der Waals surface area contributed by atoms with Crippen LogP contribution in [-0.2, 0) is 16.1 Å². The third kappa shape index (κ3) is 4.72. The van der Waals surface area contributed by atoms with E-state index in [4.69, 9.17) is 0 Å². The van der Waals surface area contributed by atoms with Crippen molar-refractivity contribution in [2.45, 2.75) is 45.7 Å². The molecule has 5 nitrogen and oxygen atoms in total. The topological polar surface area (TPSA) is 57.7 Å². The zero-order valence-electron chi connectivity index (χ0n) is 19.2. The molecule has 5 heteroatoms. The van der Waals surface area contributed by atoms with Crippen LogP contribution in [0.5, 0.6) is 0 Å². The van der Waals surface area contributed by atoms with Gasteiger partial charge in [0.15, 0.2) is 0 Å². The van der Waals surface area contributed by atoms with E-state index in [1.807, 2.05) is 67.6 Å². The molecule has 33 heavy (non-hydrogen) atoms. The van der Waals surface area contributed by atoms with E-state index in [-0.39, 0.29) is 30.7 Å². The molecule has 0 saturated carbocycles. The molecular formula is C28H28N2O3. The summed E-state index contributed by atoms with van der Waals surface area (Å²) < 4.78 is 0. The van der Waals surface area contributed by atoms with Gasteiger partial charge in [0.2, 0.25) is 5.91 Å². The lowest BCUT2D eigenvalue weighted by Crippen LogP contribution is -2.45. The first-order valence-electron chi connectivity index (χ1n) is 11.2. The lowest BCUT2D eigenvalue weighted by Gasteiger charge is -2.28. The second kappa shape index (κ2) is 9.41. The van der Waals surface area contributed by atoms with Crippen LogP contribution in [0.25, 0.3) is 0 Å². The molecule has 0 aliphatic carbocycles. The molecule has 168 valence electrons. The lowest BCUT2D eigenvalue weighted by atomic mass is 10.0. The maximum Gasteiger partial charge on any atom is 0.257 e. The Kier molecular flexibility index (Phi) is 6.40. The van der Waals surface area contributed by atoms with Crippen molar-refractivity contribution in [3.63, 3.8) is 0 Å². The average Bonchev–Trinajstić information content (AvgIpc) is 3.11.